The number of nitrogens with zero attached hydrogens (tertiary/aromatic N) is 1. The molecule has 1 heterocycles. The summed E-state index contributed by atoms with van der Waals surface area (Å²) in [5.41, 5.74) is 0.270. The summed E-state index contributed by atoms with van der Waals surface area (Å²) in [5.74, 6) is 0. The van der Waals surface area contributed by atoms with Crippen molar-refractivity contribution in [3.05, 3.63) is 0 Å². The van der Waals surface area contributed by atoms with Crippen LogP contribution in [0.1, 0.15) is 27.2 Å². The van der Waals surface area contributed by atoms with E-state index in [1.807, 2.05) is 0 Å². The predicted octanol–water partition coefficient (Wildman–Crippen LogP) is 1.80. The second-order valence-corrected chi connectivity index (χ2v) is 5.61. The van der Waals surface area contributed by atoms with Gasteiger partial charge in [-0.05, 0) is 27.2 Å². The van der Waals surface area contributed by atoms with Crippen LogP contribution in [0, 0.1) is 0 Å². The predicted molar refractivity (Wildman–Crippen MR) is 56.9 cm³/mol. The van der Waals surface area contributed by atoms with Crippen molar-refractivity contribution in [1.82, 2.24) is 8.43 Å². The lowest BCUT2D eigenvalue weighted by molar-refractivity contribution is 0.366. The molecule has 1 rings (SSSR count). The Kier molecular flexibility index (Phi) is 3.17. The third kappa shape index (κ3) is 3.71. The van der Waals surface area contributed by atoms with E-state index in [1.165, 1.54) is 19.5 Å². The summed E-state index contributed by atoms with van der Waals surface area (Å²) in [4.78, 5) is 0. The highest BCUT2D eigenvalue weighted by Gasteiger charge is 2.23. The Hall–Kier alpha value is 0.650. The Morgan fingerprint density at radius 2 is 2.09 bits per heavy atom. The molecule has 0 aromatic heterocycles. The fourth-order valence-corrected chi connectivity index (χ4v) is 2.20. The van der Waals surface area contributed by atoms with Gasteiger partial charge in [0.05, 0.1) is 0 Å². The maximum Gasteiger partial charge on any atom is 0.0236 e. The lowest BCUT2D eigenvalue weighted by Crippen LogP contribution is -2.44. The van der Waals surface area contributed by atoms with Gasteiger partial charge in [0.1, 0.15) is 0 Å². The quantitative estimate of drug-likeness (QED) is 0.576. The number of hydrogen-bond acceptors (Lipinski definition) is 2. The van der Waals surface area contributed by atoms with E-state index in [1.54, 1.807) is 0 Å². The molecule has 0 spiro atoms. The highest BCUT2D eigenvalue weighted by molar-refractivity contribution is 14.1. The van der Waals surface area contributed by atoms with Gasteiger partial charge in [-0.25, -0.2) is 3.11 Å². The number of halogens is 1. The van der Waals surface area contributed by atoms with E-state index in [9.17, 15) is 0 Å². The van der Waals surface area contributed by atoms with Crippen molar-refractivity contribution in [2.45, 2.75) is 38.8 Å². The molecule has 1 aliphatic heterocycles. The van der Waals surface area contributed by atoms with Gasteiger partial charge in [-0.1, -0.05) is 0 Å². The fourth-order valence-electron chi connectivity index (χ4n) is 1.45. The van der Waals surface area contributed by atoms with Crippen LogP contribution in [-0.2, 0) is 0 Å². The molecule has 1 fully saturated rings. The third-order valence-electron chi connectivity index (χ3n) is 1.78. The minimum absolute atomic E-state index is 0.270. The first kappa shape index (κ1) is 9.74. The summed E-state index contributed by atoms with van der Waals surface area (Å²) >= 11 is 2.39. The summed E-state index contributed by atoms with van der Waals surface area (Å²) < 4.78 is 2.35. The summed E-state index contributed by atoms with van der Waals surface area (Å²) in [5, 5.41) is 3.60. The van der Waals surface area contributed by atoms with Crippen molar-refractivity contribution in [3.8, 4) is 0 Å². The molecular weight excluding hydrogens is 251 g/mol. The molecule has 3 heteroatoms. The zero-order valence-electron chi connectivity index (χ0n) is 7.52. The number of hydrogen-bond donors (Lipinski definition) is 1. The second-order valence-electron chi connectivity index (χ2n) is 4.25. The van der Waals surface area contributed by atoms with E-state index in [0.717, 1.165) is 0 Å². The standard InChI is InChI=1S/C8H17IN2/c1-8(2,3)10-7-4-5-11(9)6-7/h7,10H,4-6H2,1-3H3/t7-/m0/s1. The Morgan fingerprint density at radius 3 is 2.45 bits per heavy atom. The summed E-state index contributed by atoms with van der Waals surface area (Å²) in [7, 11) is 0. The normalized spacial score (nSPS) is 27.8. The molecule has 1 aliphatic rings. The van der Waals surface area contributed by atoms with Crippen molar-refractivity contribution >= 4 is 22.9 Å². The van der Waals surface area contributed by atoms with E-state index >= 15 is 0 Å². The number of rotatable bonds is 1. The average Bonchev–Trinajstić information content (AvgIpc) is 2.10. The van der Waals surface area contributed by atoms with Crippen LogP contribution in [0.4, 0.5) is 0 Å². The van der Waals surface area contributed by atoms with Crippen molar-refractivity contribution in [3.63, 3.8) is 0 Å². The minimum atomic E-state index is 0.270. The van der Waals surface area contributed by atoms with Gasteiger partial charge in [-0.15, -0.1) is 0 Å². The third-order valence-corrected chi connectivity index (χ3v) is 2.65. The topological polar surface area (TPSA) is 15.3 Å². The lowest BCUT2D eigenvalue weighted by Gasteiger charge is -2.25. The largest absolute Gasteiger partial charge is 0.308 e. The molecule has 0 unspecified atom stereocenters. The van der Waals surface area contributed by atoms with E-state index < -0.39 is 0 Å². The minimum Gasteiger partial charge on any atom is -0.308 e. The zero-order valence-corrected chi connectivity index (χ0v) is 9.68. The molecule has 0 aromatic rings. The maximum atomic E-state index is 3.60. The number of nitrogens with one attached hydrogen (secondary N) is 1. The Bertz CT molecular complexity index is 131. The summed E-state index contributed by atoms with van der Waals surface area (Å²) in [6, 6.07) is 0.701. The Morgan fingerprint density at radius 1 is 1.45 bits per heavy atom. The van der Waals surface area contributed by atoms with E-state index in [-0.39, 0.29) is 5.54 Å². The molecule has 2 nitrogen and oxygen atoms in total. The Balaban J connectivity index is 2.29. The SMILES string of the molecule is CC(C)(C)N[C@H]1CCN(I)C1. The van der Waals surface area contributed by atoms with Gasteiger partial charge in [0.15, 0.2) is 0 Å². The van der Waals surface area contributed by atoms with Crippen LogP contribution in [0.2, 0.25) is 0 Å². The molecule has 0 saturated carbocycles. The van der Waals surface area contributed by atoms with Gasteiger partial charge < -0.3 is 5.32 Å². The molecule has 1 N–H and O–H groups in total. The monoisotopic (exact) mass is 268 g/mol. The van der Waals surface area contributed by atoms with Crippen LogP contribution in [0.15, 0.2) is 0 Å². The molecule has 66 valence electrons. The first-order chi connectivity index (χ1) is 4.97. The molecule has 11 heavy (non-hydrogen) atoms. The summed E-state index contributed by atoms with van der Waals surface area (Å²) in [6.45, 7) is 9.10. The summed E-state index contributed by atoms with van der Waals surface area (Å²) in [6.07, 6.45) is 1.29. The van der Waals surface area contributed by atoms with Crippen molar-refractivity contribution in [2.24, 2.45) is 0 Å². The molecule has 0 aliphatic carbocycles. The molecule has 0 aromatic carbocycles. The van der Waals surface area contributed by atoms with Gasteiger partial charge >= 0.3 is 0 Å². The lowest BCUT2D eigenvalue weighted by atomic mass is 10.1. The molecule has 1 atom stereocenters. The van der Waals surface area contributed by atoms with Crippen molar-refractivity contribution in [1.29, 1.82) is 0 Å². The van der Waals surface area contributed by atoms with E-state index in [4.69, 9.17) is 0 Å². The zero-order chi connectivity index (χ0) is 8.48. The molecule has 0 amide bonds. The fraction of sp³-hybridized carbons (Fsp3) is 1.00. The van der Waals surface area contributed by atoms with Gasteiger partial charge in [-0.2, -0.15) is 0 Å². The van der Waals surface area contributed by atoms with Gasteiger partial charge in [0, 0.05) is 47.5 Å². The van der Waals surface area contributed by atoms with Crippen LogP contribution >= 0.6 is 22.9 Å². The molecule has 0 radical (unpaired) electrons. The second kappa shape index (κ2) is 3.58. The van der Waals surface area contributed by atoms with Crippen LogP contribution in [0.3, 0.4) is 0 Å². The maximum absolute atomic E-state index is 3.60. The van der Waals surface area contributed by atoms with Crippen molar-refractivity contribution < 1.29 is 0 Å². The van der Waals surface area contributed by atoms with Gasteiger partial charge in [0.2, 0.25) is 0 Å². The van der Waals surface area contributed by atoms with Crippen LogP contribution < -0.4 is 5.32 Å². The van der Waals surface area contributed by atoms with E-state index in [0.29, 0.717) is 6.04 Å². The van der Waals surface area contributed by atoms with Crippen LogP contribution in [-0.4, -0.2) is 27.8 Å². The molecular formula is C8H17IN2. The van der Waals surface area contributed by atoms with Gasteiger partial charge in [-0.3, -0.25) is 0 Å². The van der Waals surface area contributed by atoms with Crippen molar-refractivity contribution in [2.75, 3.05) is 13.1 Å². The average molecular weight is 268 g/mol. The van der Waals surface area contributed by atoms with Crippen LogP contribution in [0.5, 0.6) is 0 Å². The Labute approximate surface area is 83.2 Å². The smallest absolute Gasteiger partial charge is 0.0236 e. The highest BCUT2D eigenvalue weighted by Crippen LogP contribution is 2.15. The first-order valence-corrected chi connectivity index (χ1v) is 5.12. The van der Waals surface area contributed by atoms with E-state index in [2.05, 4.69) is 52.1 Å². The van der Waals surface area contributed by atoms with Gasteiger partial charge in [0.25, 0.3) is 0 Å². The first-order valence-electron chi connectivity index (χ1n) is 4.16. The molecule has 0 bridgehead atoms. The molecule has 1 saturated heterocycles. The van der Waals surface area contributed by atoms with Crippen LogP contribution in [0.25, 0.3) is 0 Å². The highest BCUT2D eigenvalue weighted by atomic mass is 127.